The first-order valence-electron chi connectivity index (χ1n) is 5.80. The molecule has 0 saturated heterocycles. The van der Waals surface area contributed by atoms with E-state index in [9.17, 15) is 4.79 Å². The number of hydrogen-bond donors (Lipinski definition) is 1. The third-order valence-corrected chi connectivity index (χ3v) is 3.48. The van der Waals surface area contributed by atoms with Crippen LogP contribution in [0.15, 0.2) is 10.9 Å². The Labute approximate surface area is 88.9 Å². The lowest BCUT2D eigenvalue weighted by molar-refractivity contribution is 0.585. The maximum atomic E-state index is 12.0. The zero-order chi connectivity index (χ0) is 10.4. The smallest absolute Gasteiger partial charge is 0.274 e. The van der Waals surface area contributed by atoms with Crippen LogP contribution >= 0.6 is 0 Å². The number of pyridine rings is 1. The van der Waals surface area contributed by atoms with E-state index in [1.165, 1.54) is 24.1 Å². The van der Waals surface area contributed by atoms with Gasteiger partial charge in [0.1, 0.15) is 0 Å². The number of aromatic nitrogens is 1. The van der Waals surface area contributed by atoms with E-state index in [1.807, 2.05) is 10.6 Å². The van der Waals surface area contributed by atoms with Crippen LogP contribution in [0.4, 0.5) is 5.69 Å². The molecule has 0 atom stereocenters. The van der Waals surface area contributed by atoms with Gasteiger partial charge in [-0.2, -0.15) is 0 Å². The number of hydrogen-bond acceptors (Lipinski definition) is 2. The molecule has 15 heavy (non-hydrogen) atoms. The van der Waals surface area contributed by atoms with Gasteiger partial charge < -0.3 is 10.3 Å². The van der Waals surface area contributed by atoms with Gasteiger partial charge in [-0.05, 0) is 50.2 Å². The number of aryl methyl sites for hydroxylation is 1. The summed E-state index contributed by atoms with van der Waals surface area (Å²) in [6.45, 7) is 0. The summed E-state index contributed by atoms with van der Waals surface area (Å²) in [4.78, 5) is 12.0. The van der Waals surface area contributed by atoms with Crippen molar-refractivity contribution in [2.75, 3.05) is 5.73 Å². The van der Waals surface area contributed by atoms with Crippen LogP contribution in [0.2, 0.25) is 0 Å². The summed E-state index contributed by atoms with van der Waals surface area (Å²) in [6, 6.07) is 2.35. The zero-order valence-corrected chi connectivity index (χ0v) is 8.83. The molecule has 0 aromatic carbocycles. The van der Waals surface area contributed by atoms with Crippen LogP contribution in [-0.4, -0.2) is 4.57 Å². The predicted molar refractivity (Wildman–Crippen MR) is 60.0 cm³/mol. The quantitative estimate of drug-likeness (QED) is 0.756. The Morgan fingerprint density at radius 2 is 2.00 bits per heavy atom. The standard InChI is InChI=1S/C12H16N2O/c13-10-7-8-3-1-2-4-11(8)14(12(10)15)9-5-6-9/h7,9H,1-6,13H2. The lowest BCUT2D eigenvalue weighted by Crippen LogP contribution is -2.28. The highest BCUT2D eigenvalue weighted by molar-refractivity contribution is 5.42. The van der Waals surface area contributed by atoms with Crippen molar-refractivity contribution >= 4 is 5.69 Å². The van der Waals surface area contributed by atoms with Crippen molar-refractivity contribution in [1.82, 2.24) is 4.57 Å². The first-order chi connectivity index (χ1) is 7.27. The van der Waals surface area contributed by atoms with Gasteiger partial charge in [0.05, 0.1) is 5.69 Å². The highest BCUT2D eigenvalue weighted by atomic mass is 16.1. The molecule has 1 aromatic heterocycles. The molecule has 2 aliphatic carbocycles. The van der Waals surface area contributed by atoms with Gasteiger partial charge in [0.25, 0.3) is 5.56 Å². The van der Waals surface area contributed by atoms with Gasteiger partial charge in [-0.15, -0.1) is 0 Å². The van der Waals surface area contributed by atoms with E-state index in [-0.39, 0.29) is 5.56 Å². The summed E-state index contributed by atoms with van der Waals surface area (Å²) in [7, 11) is 0. The van der Waals surface area contributed by atoms with E-state index >= 15 is 0 Å². The number of nitrogen functional groups attached to an aromatic ring is 1. The van der Waals surface area contributed by atoms with Gasteiger partial charge in [0, 0.05) is 11.7 Å². The van der Waals surface area contributed by atoms with Crippen molar-refractivity contribution in [1.29, 1.82) is 0 Å². The fraction of sp³-hybridized carbons (Fsp3) is 0.583. The molecule has 3 rings (SSSR count). The molecular formula is C12H16N2O. The summed E-state index contributed by atoms with van der Waals surface area (Å²) >= 11 is 0. The minimum absolute atomic E-state index is 0.0400. The normalized spacial score (nSPS) is 20.0. The number of nitrogens with two attached hydrogens (primary N) is 1. The lowest BCUT2D eigenvalue weighted by Gasteiger charge is -2.21. The van der Waals surface area contributed by atoms with Crippen LogP contribution < -0.4 is 11.3 Å². The summed E-state index contributed by atoms with van der Waals surface area (Å²) < 4.78 is 1.98. The van der Waals surface area contributed by atoms with E-state index in [4.69, 9.17) is 5.73 Å². The Morgan fingerprint density at radius 3 is 2.73 bits per heavy atom. The van der Waals surface area contributed by atoms with Crippen molar-refractivity contribution in [3.05, 3.63) is 27.7 Å². The van der Waals surface area contributed by atoms with Crippen molar-refractivity contribution in [2.24, 2.45) is 0 Å². The average Bonchev–Trinajstić information content (AvgIpc) is 3.04. The Bertz CT molecular complexity index is 457. The van der Waals surface area contributed by atoms with Gasteiger partial charge >= 0.3 is 0 Å². The molecule has 3 heteroatoms. The highest BCUT2D eigenvalue weighted by Crippen LogP contribution is 2.36. The molecule has 1 fully saturated rings. The van der Waals surface area contributed by atoms with E-state index < -0.39 is 0 Å². The zero-order valence-electron chi connectivity index (χ0n) is 8.83. The van der Waals surface area contributed by atoms with Crippen LogP contribution in [0.25, 0.3) is 0 Å². The van der Waals surface area contributed by atoms with Gasteiger partial charge in [0.15, 0.2) is 0 Å². The molecule has 1 aromatic rings. The second-order valence-corrected chi connectivity index (χ2v) is 4.69. The van der Waals surface area contributed by atoms with Crippen LogP contribution in [0.5, 0.6) is 0 Å². The molecule has 1 saturated carbocycles. The number of fused-ring (bicyclic) bond motifs is 1. The van der Waals surface area contributed by atoms with E-state index in [0.29, 0.717) is 11.7 Å². The van der Waals surface area contributed by atoms with E-state index in [0.717, 1.165) is 25.7 Å². The number of rotatable bonds is 1. The second kappa shape index (κ2) is 3.12. The summed E-state index contributed by atoms with van der Waals surface area (Å²) in [5.41, 5.74) is 8.83. The molecule has 80 valence electrons. The molecule has 0 unspecified atom stereocenters. The summed E-state index contributed by atoms with van der Waals surface area (Å²) in [5.74, 6) is 0. The van der Waals surface area contributed by atoms with Gasteiger partial charge in [0.2, 0.25) is 0 Å². The van der Waals surface area contributed by atoms with Gasteiger partial charge in [-0.1, -0.05) is 0 Å². The molecule has 0 radical (unpaired) electrons. The third kappa shape index (κ3) is 1.37. The topological polar surface area (TPSA) is 48.0 Å². The fourth-order valence-corrected chi connectivity index (χ4v) is 2.57. The van der Waals surface area contributed by atoms with Crippen molar-refractivity contribution in [3.63, 3.8) is 0 Å². The third-order valence-electron chi connectivity index (χ3n) is 3.48. The van der Waals surface area contributed by atoms with Crippen molar-refractivity contribution in [2.45, 2.75) is 44.6 Å². The first kappa shape index (κ1) is 9.01. The molecule has 0 aliphatic heterocycles. The van der Waals surface area contributed by atoms with Crippen LogP contribution in [0.1, 0.15) is 43.0 Å². The lowest BCUT2D eigenvalue weighted by atomic mass is 9.95. The van der Waals surface area contributed by atoms with Crippen LogP contribution in [0.3, 0.4) is 0 Å². The maximum absolute atomic E-state index is 12.0. The molecule has 0 bridgehead atoms. The Hall–Kier alpha value is -1.25. The second-order valence-electron chi connectivity index (χ2n) is 4.69. The minimum Gasteiger partial charge on any atom is -0.394 e. The van der Waals surface area contributed by atoms with Crippen molar-refractivity contribution < 1.29 is 0 Å². The largest absolute Gasteiger partial charge is 0.394 e. The number of anilines is 1. The Morgan fingerprint density at radius 1 is 1.27 bits per heavy atom. The number of nitrogens with zero attached hydrogens (tertiary/aromatic N) is 1. The van der Waals surface area contributed by atoms with Crippen molar-refractivity contribution in [3.8, 4) is 0 Å². The first-order valence-corrected chi connectivity index (χ1v) is 5.80. The predicted octanol–water partition coefficient (Wildman–Crippen LogP) is 1.64. The van der Waals surface area contributed by atoms with Crippen LogP contribution in [0, 0.1) is 0 Å². The average molecular weight is 204 g/mol. The Kier molecular flexibility index (Phi) is 1.87. The SMILES string of the molecule is Nc1cc2c(n(C3CC3)c1=O)CCCC2. The molecule has 1 heterocycles. The molecule has 3 nitrogen and oxygen atoms in total. The molecule has 0 amide bonds. The summed E-state index contributed by atoms with van der Waals surface area (Å²) in [6.07, 6.45) is 6.89. The molecule has 2 N–H and O–H groups in total. The minimum atomic E-state index is 0.0400. The summed E-state index contributed by atoms with van der Waals surface area (Å²) in [5, 5.41) is 0. The van der Waals surface area contributed by atoms with E-state index in [2.05, 4.69) is 0 Å². The van der Waals surface area contributed by atoms with E-state index in [1.54, 1.807) is 0 Å². The fourth-order valence-electron chi connectivity index (χ4n) is 2.57. The molecule has 0 spiro atoms. The van der Waals surface area contributed by atoms with Gasteiger partial charge in [-0.3, -0.25) is 4.79 Å². The Balaban J connectivity index is 2.24. The monoisotopic (exact) mass is 204 g/mol. The molecule has 2 aliphatic rings. The van der Waals surface area contributed by atoms with Crippen LogP contribution in [-0.2, 0) is 12.8 Å². The molecular weight excluding hydrogens is 188 g/mol. The van der Waals surface area contributed by atoms with Gasteiger partial charge in [-0.25, -0.2) is 0 Å². The maximum Gasteiger partial charge on any atom is 0.274 e. The highest BCUT2D eigenvalue weighted by Gasteiger charge is 2.29.